The molecule has 2 aromatic heterocycles. The zero-order valence-corrected chi connectivity index (χ0v) is 18.6. The highest BCUT2D eigenvalue weighted by atomic mass is 32.1. The van der Waals surface area contributed by atoms with Gasteiger partial charge >= 0.3 is 0 Å². The number of aryl methyl sites for hydroxylation is 1. The molecule has 166 valence electrons. The van der Waals surface area contributed by atoms with E-state index in [-0.39, 0.29) is 11.4 Å². The van der Waals surface area contributed by atoms with Crippen LogP contribution in [0.25, 0.3) is 0 Å². The third-order valence-corrected chi connectivity index (χ3v) is 6.21. The highest BCUT2D eigenvalue weighted by molar-refractivity contribution is 7.12. The quantitative estimate of drug-likeness (QED) is 0.462. The van der Waals surface area contributed by atoms with E-state index in [0.717, 1.165) is 17.7 Å². The van der Waals surface area contributed by atoms with E-state index in [1.54, 1.807) is 34.9 Å². The molecular formula is C24H25N3O4S. The highest BCUT2D eigenvalue weighted by Crippen LogP contribution is 2.40. The van der Waals surface area contributed by atoms with Gasteiger partial charge in [0.2, 0.25) is 5.78 Å². The smallest absolute Gasteiger partial charge is 0.290 e. The second kappa shape index (κ2) is 9.82. The van der Waals surface area contributed by atoms with E-state index in [0.29, 0.717) is 31.0 Å². The fraction of sp³-hybridized carbons (Fsp3) is 0.292. The minimum Gasteiger partial charge on any atom is -0.503 e. The van der Waals surface area contributed by atoms with E-state index in [9.17, 15) is 14.7 Å². The molecule has 0 saturated heterocycles. The number of aliphatic hydroxyl groups excluding tert-OH is 1. The Morgan fingerprint density at radius 2 is 2.03 bits per heavy atom. The summed E-state index contributed by atoms with van der Waals surface area (Å²) < 4.78 is 7.60. The topological polar surface area (TPSA) is 84.7 Å². The van der Waals surface area contributed by atoms with Crippen LogP contribution in [0.5, 0.6) is 5.75 Å². The van der Waals surface area contributed by atoms with Crippen molar-refractivity contribution in [3.8, 4) is 5.75 Å². The second-order valence-corrected chi connectivity index (χ2v) is 8.49. The largest absolute Gasteiger partial charge is 0.503 e. The molecule has 1 aliphatic rings. The average Bonchev–Trinajstić information content (AvgIpc) is 3.56. The third-order valence-electron chi connectivity index (χ3n) is 5.34. The van der Waals surface area contributed by atoms with Crippen molar-refractivity contribution in [1.82, 2.24) is 14.5 Å². The molecule has 0 fully saturated rings. The highest BCUT2D eigenvalue weighted by Gasteiger charge is 2.43. The molecule has 1 N–H and O–H groups in total. The van der Waals surface area contributed by atoms with Crippen LogP contribution >= 0.6 is 11.3 Å². The van der Waals surface area contributed by atoms with Crippen molar-refractivity contribution in [3.05, 3.63) is 82.3 Å². The van der Waals surface area contributed by atoms with Crippen LogP contribution in [0.3, 0.4) is 0 Å². The number of aliphatic hydroxyl groups is 1. The first-order chi connectivity index (χ1) is 15.6. The van der Waals surface area contributed by atoms with E-state index >= 15 is 0 Å². The van der Waals surface area contributed by atoms with E-state index < -0.39 is 17.7 Å². The number of hydrogen-bond donors (Lipinski definition) is 1. The van der Waals surface area contributed by atoms with Crippen molar-refractivity contribution < 1.29 is 19.4 Å². The molecule has 8 heteroatoms. The van der Waals surface area contributed by atoms with Crippen molar-refractivity contribution in [3.63, 3.8) is 0 Å². The lowest BCUT2D eigenvalue weighted by atomic mass is 9.95. The molecule has 0 saturated carbocycles. The van der Waals surface area contributed by atoms with E-state index in [1.807, 2.05) is 42.0 Å². The van der Waals surface area contributed by atoms with Gasteiger partial charge in [0, 0.05) is 25.5 Å². The van der Waals surface area contributed by atoms with Gasteiger partial charge in [-0.05, 0) is 42.0 Å². The normalized spacial score (nSPS) is 16.1. The Labute approximate surface area is 190 Å². The SMILES string of the molecule is CCCOc1ccc([C@H]2C(C(=O)c3cccs3)=C(O)C(=O)N2CCCn2ccnc2)cc1. The zero-order valence-electron chi connectivity index (χ0n) is 17.8. The van der Waals surface area contributed by atoms with Gasteiger partial charge in [-0.25, -0.2) is 4.98 Å². The van der Waals surface area contributed by atoms with Crippen LogP contribution in [0.15, 0.2) is 71.8 Å². The van der Waals surface area contributed by atoms with Crippen LogP contribution in [0.2, 0.25) is 0 Å². The number of thiophene rings is 1. The van der Waals surface area contributed by atoms with Crippen molar-refractivity contribution in [2.75, 3.05) is 13.2 Å². The zero-order chi connectivity index (χ0) is 22.5. The standard InChI is InChI=1S/C24H25N3O4S/c1-2-14-31-18-8-6-17(7-9-18)21-20(22(28)19-5-3-15-32-19)23(29)24(30)27(21)12-4-11-26-13-10-25-16-26/h3,5-10,13,15-16,21,29H,2,4,11-12,14H2,1H3/t21-/m0/s1. The first kappa shape index (κ1) is 21.8. The Hall–Kier alpha value is -3.39. The molecule has 0 unspecified atom stereocenters. The predicted octanol–water partition coefficient (Wildman–Crippen LogP) is 4.40. The monoisotopic (exact) mass is 451 g/mol. The molecule has 1 aliphatic heterocycles. The Bertz CT molecular complexity index is 1090. The number of aromatic nitrogens is 2. The van der Waals surface area contributed by atoms with Gasteiger partial charge in [-0.15, -0.1) is 11.3 Å². The van der Waals surface area contributed by atoms with Crippen molar-refractivity contribution in [2.24, 2.45) is 0 Å². The maximum atomic E-state index is 13.2. The number of carbonyl (C=O) groups excluding carboxylic acids is 2. The van der Waals surface area contributed by atoms with Gasteiger partial charge in [-0.2, -0.15) is 0 Å². The molecule has 0 bridgehead atoms. The molecule has 3 aromatic rings. The Kier molecular flexibility index (Phi) is 6.70. The van der Waals surface area contributed by atoms with Crippen LogP contribution in [-0.2, 0) is 11.3 Å². The Balaban J connectivity index is 1.63. The summed E-state index contributed by atoms with van der Waals surface area (Å²) >= 11 is 1.29. The van der Waals surface area contributed by atoms with Gasteiger partial charge < -0.3 is 19.3 Å². The molecule has 7 nitrogen and oxygen atoms in total. The van der Waals surface area contributed by atoms with Gasteiger partial charge in [0.05, 0.1) is 29.4 Å². The molecule has 1 atom stereocenters. The summed E-state index contributed by atoms with van der Waals surface area (Å²) in [5, 5.41) is 12.5. The van der Waals surface area contributed by atoms with E-state index in [4.69, 9.17) is 4.74 Å². The molecular weight excluding hydrogens is 426 g/mol. The minimum absolute atomic E-state index is 0.127. The first-order valence-corrected chi connectivity index (χ1v) is 11.5. The predicted molar refractivity (Wildman–Crippen MR) is 122 cm³/mol. The lowest BCUT2D eigenvalue weighted by Crippen LogP contribution is -2.32. The van der Waals surface area contributed by atoms with Gasteiger partial charge in [0.25, 0.3) is 5.91 Å². The number of imidazole rings is 1. The maximum absolute atomic E-state index is 13.2. The third kappa shape index (κ3) is 4.45. The summed E-state index contributed by atoms with van der Waals surface area (Å²) in [6.07, 6.45) is 6.85. The van der Waals surface area contributed by atoms with Crippen molar-refractivity contribution >= 4 is 23.0 Å². The van der Waals surface area contributed by atoms with Crippen LogP contribution in [0, 0.1) is 0 Å². The average molecular weight is 452 g/mol. The number of ether oxygens (including phenoxy) is 1. The molecule has 1 aromatic carbocycles. The molecule has 0 radical (unpaired) electrons. The Morgan fingerprint density at radius 1 is 1.22 bits per heavy atom. The van der Waals surface area contributed by atoms with E-state index in [2.05, 4.69) is 4.98 Å². The number of hydrogen-bond acceptors (Lipinski definition) is 6. The number of carbonyl (C=O) groups is 2. The van der Waals surface area contributed by atoms with Crippen LogP contribution in [0.4, 0.5) is 0 Å². The molecule has 3 heterocycles. The van der Waals surface area contributed by atoms with Crippen LogP contribution < -0.4 is 4.74 Å². The van der Waals surface area contributed by atoms with Crippen LogP contribution in [0.1, 0.15) is 41.0 Å². The van der Waals surface area contributed by atoms with Gasteiger partial charge in [0.15, 0.2) is 5.76 Å². The number of amides is 1. The summed E-state index contributed by atoms with van der Waals surface area (Å²) in [4.78, 5) is 32.3. The first-order valence-electron chi connectivity index (χ1n) is 10.6. The number of Topliss-reactive ketones (excluding diaryl/α,β-unsaturated/α-hetero) is 1. The second-order valence-electron chi connectivity index (χ2n) is 7.54. The minimum atomic E-state index is -0.653. The lowest BCUT2D eigenvalue weighted by Gasteiger charge is -2.27. The summed E-state index contributed by atoms with van der Waals surface area (Å²) in [5.41, 5.74) is 0.885. The molecule has 4 rings (SSSR count). The van der Waals surface area contributed by atoms with Crippen LogP contribution in [-0.4, -0.2) is 44.4 Å². The summed E-state index contributed by atoms with van der Waals surface area (Å²) in [5.74, 6) is -0.584. The van der Waals surface area contributed by atoms with Gasteiger partial charge in [-0.1, -0.05) is 25.1 Å². The van der Waals surface area contributed by atoms with Crippen molar-refractivity contribution in [2.45, 2.75) is 32.4 Å². The fourth-order valence-corrected chi connectivity index (χ4v) is 4.49. The number of rotatable bonds is 10. The number of nitrogens with zero attached hydrogens (tertiary/aromatic N) is 3. The van der Waals surface area contributed by atoms with Gasteiger partial charge in [-0.3, -0.25) is 9.59 Å². The Morgan fingerprint density at radius 3 is 2.69 bits per heavy atom. The lowest BCUT2D eigenvalue weighted by molar-refractivity contribution is -0.129. The fourth-order valence-electron chi connectivity index (χ4n) is 3.81. The van der Waals surface area contributed by atoms with E-state index in [1.165, 1.54) is 11.3 Å². The summed E-state index contributed by atoms with van der Waals surface area (Å²) in [7, 11) is 0. The number of ketones is 1. The van der Waals surface area contributed by atoms with Crippen molar-refractivity contribution in [1.29, 1.82) is 0 Å². The summed E-state index contributed by atoms with van der Waals surface area (Å²) in [6.45, 7) is 3.72. The molecule has 0 aliphatic carbocycles. The van der Waals surface area contributed by atoms with Gasteiger partial charge in [0.1, 0.15) is 5.75 Å². The molecule has 0 spiro atoms. The number of benzene rings is 1. The maximum Gasteiger partial charge on any atom is 0.290 e. The molecule has 32 heavy (non-hydrogen) atoms. The molecule has 1 amide bonds. The summed E-state index contributed by atoms with van der Waals surface area (Å²) in [6, 6.07) is 10.2.